The standard InChI is InChI=1S/C6H7ClN2O2/c7-1-5-2-8-4-9(5)3-6(10)11/h2,4H,1,3H2,(H,10,11). The highest BCUT2D eigenvalue weighted by Crippen LogP contribution is 2.02. The Hall–Kier alpha value is -1.03. The van der Waals surface area contributed by atoms with Crippen molar-refractivity contribution in [1.29, 1.82) is 0 Å². The van der Waals surface area contributed by atoms with Gasteiger partial charge in [0.05, 0.1) is 17.9 Å². The van der Waals surface area contributed by atoms with Crippen molar-refractivity contribution in [1.82, 2.24) is 9.55 Å². The molecule has 1 aromatic rings. The van der Waals surface area contributed by atoms with Crippen LogP contribution in [0.25, 0.3) is 0 Å². The first kappa shape index (κ1) is 8.07. The molecule has 0 atom stereocenters. The molecule has 0 fully saturated rings. The lowest BCUT2D eigenvalue weighted by molar-refractivity contribution is -0.137. The predicted molar refractivity (Wildman–Crippen MR) is 39.4 cm³/mol. The van der Waals surface area contributed by atoms with Crippen molar-refractivity contribution in [3.8, 4) is 0 Å². The Labute approximate surface area is 68.4 Å². The number of aliphatic carboxylic acids is 1. The first-order valence-corrected chi connectivity index (χ1v) is 3.54. The molecule has 1 heterocycles. The average Bonchev–Trinajstić information content (AvgIpc) is 2.34. The molecule has 1 N–H and O–H groups in total. The predicted octanol–water partition coefficient (Wildman–Crippen LogP) is 0.707. The number of carboxylic acid groups (broad SMARTS) is 1. The van der Waals surface area contributed by atoms with Gasteiger partial charge in [0, 0.05) is 6.20 Å². The van der Waals surface area contributed by atoms with Crippen molar-refractivity contribution in [2.75, 3.05) is 0 Å². The fourth-order valence-corrected chi connectivity index (χ4v) is 0.970. The molecule has 60 valence electrons. The van der Waals surface area contributed by atoms with E-state index in [0.717, 1.165) is 0 Å². The van der Waals surface area contributed by atoms with Crippen molar-refractivity contribution in [2.45, 2.75) is 12.4 Å². The van der Waals surface area contributed by atoms with E-state index in [4.69, 9.17) is 16.7 Å². The summed E-state index contributed by atoms with van der Waals surface area (Å²) in [5.41, 5.74) is 0.717. The second-order valence-electron chi connectivity index (χ2n) is 2.04. The molecule has 0 aromatic carbocycles. The average molecular weight is 175 g/mol. The Morgan fingerprint density at radius 3 is 3.09 bits per heavy atom. The number of rotatable bonds is 3. The van der Waals surface area contributed by atoms with Crippen LogP contribution in [-0.2, 0) is 17.2 Å². The van der Waals surface area contributed by atoms with E-state index in [1.54, 1.807) is 6.20 Å². The molecule has 0 amide bonds. The van der Waals surface area contributed by atoms with Crippen molar-refractivity contribution in [3.05, 3.63) is 18.2 Å². The largest absolute Gasteiger partial charge is 0.480 e. The molecule has 0 unspecified atom stereocenters. The van der Waals surface area contributed by atoms with Crippen molar-refractivity contribution >= 4 is 17.6 Å². The van der Waals surface area contributed by atoms with Crippen LogP contribution in [0.3, 0.4) is 0 Å². The van der Waals surface area contributed by atoms with Gasteiger partial charge in [-0.25, -0.2) is 4.98 Å². The monoisotopic (exact) mass is 174 g/mol. The molecule has 0 spiro atoms. The summed E-state index contributed by atoms with van der Waals surface area (Å²) in [4.78, 5) is 14.0. The van der Waals surface area contributed by atoms with Gasteiger partial charge in [-0.1, -0.05) is 0 Å². The summed E-state index contributed by atoms with van der Waals surface area (Å²) in [7, 11) is 0. The highest BCUT2D eigenvalue weighted by molar-refractivity contribution is 6.16. The van der Waals surface area contributed by atoms with Crippen LogP contribution in [-0.4, -0.2) is 20.6 Å². The van der Waals surface area contributed by atoms with Gasteiger partial charge in [0.1, 0.15) is 6.54 Å². The molecule has 5 heteroatoms. The maximum atomic E-state index is 10.2. The topological polar surface area (TPSA) is 55.1 Å². The van der Waals surface area contributed by atoms with Crippen LogP contribution in [0, 0.1) is 0 Å². The van der Waals surface area contributed by atoms with E-state index in [0.29, 0.717) is 5.69 Å². The SMILES string of the molecule is O=C(O)Cn1cncc1CCl. The number of imidazole rings is 1. The number of carboxylic acids is 1. The molecule has 0 radical (unpaired) electrons. The summed E-state index contributed by atoms with van der Waals surface area (Å²) < 4.78 is 1.50. The molecule has 0 bridgehead atoms. The van der Waals surface area contributed by atoms with Crippen molar-refractivity contribution in [3.63, 3.8) is 0 Å². The zero-order valence-corrected chi connectivity index (χ0v) is 6.45. The second kappa shape index (κ2) is 3.39. The van der Waals surface area contributed by atoms with Crippen LogP contribution in [0.4, 0.5) is 0 Å². The second-order valence-corrected chi connectivity index (χ2v) is 2.31. The van der Waals surface area contributed by atoms with Crippen LogP contribution >= 0.6 is 11.6 Å². The van der Waals surface area contributed by atoms with E-state index in [9.17, 15) is 4.79 Å². The van der Waals surface area contributed by atoms with Gasteiger partial charge in [-0.15, -0.1) is 11.6 Å². The zero-order valence-electron chi connectivity index (χ0n) is 5.70. The van der Waals surface area contributed by atoms with Crippen LogP contribution in [0.2, 0.25) is 0 Å². The van der Waals surface area contributed by atoms with E-state index in [1.165, 1.54) is 10.9 Å². The van der Waals surface area contributed by atoms with Gasteiger partial charge in [0.2, 0.25) is 0 Å². The highest BCUT2D eigenvalue weighted by Gasteiger charge is 2.03. The van der Waals surface area contributed by atoms with Gasteiger partial charge in [-0.05, 0) is 0 Å². The third kappa shape index (κ3) is 1.94. The van der Waals surface area contributed by atoms with Gasteiger partial charge in [-0.2, -0.15) is 0 Å². The molecule has 11 heavy (non-hydrogen) atoms. The van der Waals surface area contributed by atoms with Gasteiger partial charge in [0.25, 0.3) is 0 Å². The zero-order chi connectivity index (χ0) is 8.27. The summed E-state index contributed by atoms with van der Waals surface area (Å²) in [6.45, 7) is -0.0813. The first-order valence-electron chi connectivity index (χ1n) is 3.01. The Morgan fingerprint density at radius 2 is 2.55 bits per heavy atom. The summed E-state index contributed by atoms with van der Waals surface area (Å²) in [6, 6.07) is 0. The molecular formula is C6H7ClN2O2. The van der Waals surface area contributed by atoms with E-state index in [1.807, 2.05) is 0 Å². The summed E-state index contributed by atoms with van der Waals surface area (Å²) in [5.74, 6) is -0.609. The van der Waals surface area contributed by atoms with E-state index in [2.05, 4.69) is 4.98 Å². The third-order valence-corrected chi connectivity index (χ3v) is 1.51. The maximum absolute atomic E-state index is 10.2. The lowest BCUT2D eigenvalue weighted by Gasteiger charge is -1.99. The van der Waals surface area contributed by atoms with Crippen molar-refractivity contribution < 1.29 is 9.90 Å². The molecule has 0 aliphatic heterocycles. The van der Waals surface area contributed by atoms with Crippen LogP contribution in [0.1, 0.15) is 5.69 Å². The van der Waals surface area contributed by atoms with Gasteiger partial charge in [-0.3, -0.25) is 4.79 Å². The number of halogens is 1. The lowest BCUT2D eigenvalue weighted by Crippen LogP contribution is -2.09. The first-order chi connectivity index (χ1) is 5.24. The quantitative estimate of drug-likeness (QED) is 0.687. The smallest absolute Gasteiger partial charge is 0.323 e. The Kier molecular flexibility index (Phi) is 2.48. The molecule has 0 aliphatic carbocycles. The minimum atomic E-state index is -0.894. The van der Waals surface area contributed by atoms with Crippen LogP contribution in [0.5, 0.6) is 0 Å². The maximum Gasteiger partial charge on any atom is 0.323 e. The molecule has 4 nitrogen and oxygen atoms in total. The summed E-state index contributed by atoms with van der Waals surface area (Å²) >= 11 is 5.50. The minimum absolute atomic E-state index is 0.0813. The van der Waals surface area contributed by atoms with E-state index >= 15 is 0 Å². The van der Waals surface area contributed by atoms with Gasteiger partial charge >= 0.3 is 5.97 Å². The Bertz CT molecular complexity index is 259. The summed E-state index contributed by atoms with van der Waals surface area (Å²) in [5, 5.41) is 8.41. The molecule has 0 aliphatic rings. The Balaban J connectivity index is 2.76. The number of alkyl halides is 1. The van der Waals surface area contributed by atoms with Gasteiger partial charge in [0.15, 0.2) is 0 Å². The molecule has 0 saturated carbocycles. The Morgan fingerprint density at radius 1 is 1.82 bits per heavy atom. The molecule has 1 rings (SSSR count). The van der Waals surface area contributed by atoms with E-state index in [-0.39, 0.29) is 12.4 Å². The van der Waals surface area contributed by atoms with Gasteiger partial charge < -0.3 is 9.67 Å². The fourth-order valence-electron chi connectivity index (χ4n) is 0.748. The van der Waals surface area contributed by atoms with E-state index < -0.39 is 5.97 Å². The van der Waals surface area contributed by atoms with Crippen LogP contribution in [0.15, 0.2) is 12.5 Å². The van der Waals surface area contributed by atoms with Crippen molar-refractivity contribution in [2.24, 2.45) is 0 Å². The molecular weight excluding hydrogens is 168 g/mol. The number of hydrogen-bond donors (Lipinski definition) is 1. The fraction of sp³-hybridized carbons (Fsp3) is 0.333. The number of nitrogens with zero attached hydrogens (tertiary/aromatic N) is 2. The third-order valence-electron chi connectivity index (χ3n) is 1.24. The summed E-state index contributed by atoms with van der Waals surface area (Å²) in [6.07, 6.45) is 3.00. The molecule has 1 aromatic heterocycles. The normalized spacial score (nSPS) is 9.91. The minimum Gasteiger partial charge on any atom is -0.480 e. The number of hydrogen-bond acceptors (Lipinski definition) is 2. The van der Waals surface area contributed by atoms with Crippen LogP contribution < -0.4 is 0 Å². The molecule has 0 saturated heterocycles. The number of aromatic nitrogens is 2. The lowest BCUT2D eigenvalue weighted by atomic mass is 10.5. The number of carbonyl (C=O) groups is 1. The highest BCUT2D eigenvalue weighted by atomic mass is 35.5.